The second kappa shape index (κ2) is 10.4. The van der Waals surface area contributed by atoms with Gasteiger partial charge in [-0.3, -0.25) is 4.79 Å². The van der Waals surface area contributed by atoms with Crippen molar-refractivity contribution in [3.63, 3.8) is 0 Å². The number of rotatable bonds is 7. The number of ether oxygens (including phenoxy) is 1. The molecule has 3 N–H and O–H groups in total. The lowest BCUT2D eigenvalue weighted by Crippen LogP contribution is -2.32. The van der Waals surface area contributed by atoms with Crippen molar-refractivity contribution in [3.05, 3.63) is 100 Å². The van der Waals surface area contributed by atoms with E-state index < -0.39 is 0 Å². The number of hydrogen-bond donors (Lipinski definition) is 2. The zero-order valence-electron chi connectivity index (χ0n) is 17.6. The zero-order valence-corrected chi connectivity index (χ0v) is 18.4. The van der Waals surface area contributed by atoms with E-state index in [1.807, 2.05) is 73.0 Å². The van der Waals surface area contributed by atoms with Gasteiger partial charge in [0.15, 0.2) is 0 Å². The number of thiophene rings is 1. The lowest BCUT2D eigenvalue weighted by molar-refractivity contribution is -0.119. The van der Waals surface area contributed by atoms with Crippen LogP contribution in [0.15, 0.2) is 83.8 Å². The fourth-order valence-corrected chi connectivity index (χ4v) is 3.51. The second-order valence-corrected chi connectivity index (χ2v) is 7.90. The summed E-state index contributed by atoms with van der Waals surface area (Å²) in [4.78, 5) is 18.1. The smallest absolute Gasteiger partial charge is 0.229 e. The third-order valence-electron chi connectivity index (χ3n) is 4.60. The SMILES string of the molecule is C=C(C(=N/C=C(\N)c1ccc(OC)cc1)NC(=O)Cc1ccc(C)cc1)c1cccs1. The molecule has 3 rings (SSSR count). The van der Waals surface area contributed by atoms with Gasteiger partial charge >= 0.3 is 0 Å². The van der Waals surface area contributed by atoms with E-state index in [2.05, 4.69) is 16.9 Å². The molecule has 31 heavy (non-hydrogen) atoms. The van der Waals surface area contributed by atoms with Crippen LogP contribution in [0.25, 0.3) is 11.3 Å². The van der Waals surface area contributed by atoms with Crippen molar-refractivity contribution in [2.45, 2.75) is 13.3 Å². The van der Waals surface area contributed by atoms with Gasteiger partial charge in [0, 0.05) is 10.5 Å². The van der Waals surface area contributed by atoms with Crippen LogP contribution in [0.5, 0.6) is 5.75 Å². The van der Waals surface area contributed by atoms with Crippen molar-refractivity contribution < 1.29 is 9.53 Å². The number of hydrogen-bond acceptors (Lipinski definition) is 5. The largest absolute Gasteiger partial charge is 0.497 e. The quantitative estimate of drug-likeness (QED) is 0.417. The standard InChI is InChI=1S/C25H25N3O2S/c1-17-6-8-19(9-7-17)15-24(29)28-25(18(2)23-5-4-14-31-23)27-16-22(26)20-10-12-21(30-3)13-11-20/h4-14,16H,2,15,26H2,1,3H3,(H,27,28,29)/b22-16-. The minimum atomic E-state index is -0.170. The second-order valence-electron chi connectivity index (χ2n) is 6.96. The molecule has 0 radical (unpaired) electrons. The number of aliphatic imine (C=N–C) groups is 1. The van der Waals surface area contributed by atoms with E-state index in [1.54, 1.807) is 7.11 Å². The molecule has 0 spiro atoms. The Hall–Kier alpha value is -3.64. The molecule has 6 heteroatoms. The maximum atomic E-state index is 12.7. The van der Waals surface area contributed by atoms with Crippen LogP contribution in [0, 0.1) is 6.92 Å². The first kappa shape index (κ1) is 22.1. The zero-order chi connectivity index (χ0) is 22.2. The average molecular weight is 432 g/mol. The van der Waals surface area contributed by atoms with Crippen LogP contribution in [0.2, 0.25) is 0 Å². The Morgan fingerprint density at radius 2 is 1.87 bits per heavy atom. The maximum absolute atomic E-state index is 12.7. The number of nitrogens with zero attached hydrogens (tertiary/aromatic N) is 1. The molecule has 0 fully saturated rings. The van der Waals surface area contributed by atoms with Gasteiger partial charge in [0.05, 0.1) is 25.4 Å². The number of benzene rings is 2. The molecule has 0 unspecified atom stereocenters. The summed E-state index contributed by atoms with van der Waals surface area (Å²) in [5.41, 5.74) is 10.2. The van der Waals surface area contributed by atoms with E-state index in [1.165, 1.54) is 17.5 Å². The molecule has 1 heterocycles. The highest BCUT2D eigenvalue weighted by molar-refractivity contribution is 7.11. The van der Waals surface area contributed by atoms with Crippen molar-refractivity contribution in [3.8, 4) is 5.75 Å². The Kier molecular flexibility index (Phi) is 7.40. The van der Waals surface area contributed by atoms with Crippen molar-refractivity contribution >= 4 is 34.3 Å². The molecule has 0 aliphatic rings. The first-order chi connectivity index (χ1) is 15.0. The van der Waals surface area contributed by atoms with Gasteiger partial charge in [0.1, 0.15) is 11.6 Å². The van der Waals surface area contributed by atoms with E-state index >= 15 is 0 Å². The minimum absolute atomic E-state index is 0.170. The van der Waals surface area contributed by atoms with Crippen LogP contribution in [0.3, 0.4) is 0 Å². The van der Waals surface area contributed by atoms with Crippen LogP contribution < -0.4 is 15.8 Å². The fourth-order valence-electron chi connectivity index (χ4n) is 2.81. The first-order valence-corrected chi connectivity index (χ1v) is 10.6. The Morgan fingerprint density at radius 1 is 1.16 bits per heavy atom. The summed E-state index contributed by atoms with van der Waals surface area (Å²) in [6.45, 7) is 6.13. The molecule has 0 saturated heterocycles. The Bertz CT molecular complexity index is 1100. The highest BCUT2D eigenvalue weighted by Crippen LogP contribution is 2.20. The summed E-state index contributed by atoms with van der Waals surface area (Å²) in [5.74, 6) is 0.947. The van der Waals surface area contributed by atoms with E-state index in [9.17, 15) is 4.79 Å². The molecular formula is C25H25N3O2S. The lowest BCUT2D eigenvalue weighted by Gasteiger charge is -2.11. The molecule has 0 saturated carbocycles. The van der Waals surface area contributed by atoms with E-state index in [0.29, 0.717) is 17.1 Å². The van der Waals surface area contributed by atoms with E-state index in [0.717, 1.165) is 27.3 Å². The molecule has 5 nitrogen and oxygen atoms in total. The Morgan fingerprint density at radius 3 is 2.48 bits per heavy atom. The summed E-state index contributed by atoms with van der Waals surface area (Å²) in [7, 11) is 1.61. The summed E-state index contributed by atoms with van der Waals surface area (Å²) >= 11 is 1.53. The third kappa shape index (κ3) is 6.17. The monoisotopic (exact) mass is 431 g/mol. The van der Waals surface area contributed by atoms with Crippen molar-refractivity contribution in [2.24, 2.45) is 10.7 Å². The van der Waals surface area contributed by atoms with Gasteiger partial charge in [-0.15, -0.1) is 11.3 Å². The molecule has 158 valence electrons. The van der Waals surface area contributed by atoms with E-state index in [4.69, 9.17) is 10.5 Å². The van der Waals surface area contributed by atoms with Crippen LogP contribution in [0.4, 0.5) is 0 Å². The molecule has 3 aromatic rings. The maximum Gasteiger partial charge on any atom is 0.229 e. The van der Waals surface area contributed by atoms with Crippen LogP contribution in [0.1, 0.15) is 21.6 Å². The molecule has 1 amide bonds. The lowest BCUT2D eigenvalue weighted by atomic mass is 10.1. The van der Waals surface area contributed by atoms with Gasteiger partial charge in [0.25, 0.3) is 0 Å². The predicted molar refractivity (Wildman–Crippen MR) is 129 cm³/mol. The number of nitrogens with two attached hydrogens (primary N) is 1. The van der Waals surface area contributed by atoms with Crippen molar-refractivity contribution in [2.75, 3.05) is 7.11 Å². The summed E-state index contributed by atoms with van der Waals surface area (Å²) in [6, 6.07) is 19.1. The normalized spacial score (nSPS) is 11.8. The van der Waals surface area contributed by atoms with E-state index in [-0.39, 0.29) is 12.3 Å². The number of carbonyl (C=O) groups excluding carboxylic acids is 1. The fraction of sp³-hybridized carbons (Fsp3) is 0.120. The van der Waals surface area contributed by atoms with Gasteiger partial charge in [-0.2, -0.15) is 0 Å². The summed E-state index contributed by atoms with van der Waals surface area (Å²) in [6.07, 6.45) is 1.77. The predicted octanol–water partition coefficient (Wildman–Crippen LogP) is 4.79. The molecule has 0 aliphatic heterocycles. The number of aryl methyl sites for hydroxylation is 1. The Labute approximate surface area is 186 Å². The van der Waals surface area contributed by atoms with Crippen molar-refractivity contribution in [1.29, 1.82) is 0 Å². The summed E-state index contributed by atoms with van der Waals surface area (Å²) in [5, 5.41) is 4.84. The van der Waals surface area contributed by atoms with Gasteiger partial charge in [-0.25, -0.2) is 4.99 Å². The molecular weight excluding hydrogens is 406 g/mol. The molecule has 0 aliphatic carbocycles. The number of amides is 1. The number of carbonyl (C=O) groups is 1. The first-order valence-electron chi connectivity index (χ1n) is 9.72. The average Bonchev–Trinajstić information content (AvgIpc) is 3.32. The third-order valence-corrected chi connectivity index (χ3v) is 5.53. The topological polar surface area (TPSA) is 76.7 Å². The number of nitrogens with one attached hydrogen (secondary N) is 1. The van der Waals surface area contributed by atoms with Gasteiger partial charge in [0.2, 0.25) is 5.91 Å². The molecule has 0 bridgehead atoms. The highest BCUT2D eigenvalue weighted by Gasteiger charge is 2.13. The van der Waals surface area contributed by atoms with Crippen LogP contribution in [-0.2, 0) is 11.2 Å². The molecule has 2 aromatic carbocycles. The van der Waals surface area contributed by atoms with Gasteiger partial charge in [-0.05, 0) is 53.8 Å². The van der Waals surface area contributed by atoms with Gasteiger partial charge in [-0.1, -0.05) is 42.5 Å². The highest BCUT2D eigenvalue weighted by atomic mass is 32.1. The number of amidine groups is 1. The number of methoxy groups -OCH3 is 1. The summed E-state index contributed by atoms with van der Waals surface area (Å²) < 4.78 is 5.17. The molecule has 1 aromatic heterocycles. The van der Waals surface area contributed by atoms with Gasteiger partial charge < -0.3 is 15.8 Å². The minimum Gasteiger partial charge on any atom is -0.497 e. The van der Waals surface area contributed by atoms with Crippen LogP contribution >= 0.6 is 11.3 Å². The molecule has 0 atom stereocenters. The Balaban J connectivity index is 1.82. The van der Waals surface area contributed by atoms with Crippen molar-refractivity contribution in [1.82, 2.24) is 5.32 Å². The van der Waals surface area contributed by atoms with Crippen LogP contribution in [-0.4, -0.2) is 18.9 Å².